The number of benzene rings is 13. The average molecular weight is 1010 g/mol. The van der Waals surface area contributed by atoms with Gasteiger partial charge in [0.2, 0.25) is 0 Å². The molecule has 0 spiro atoms. The Kier molecular flexibility index (Phi) is 9.81. The van der Waals surface area contributed by atoms with Gasteiger partial charge in [-0.3, -0.25) is 0 Å². The van der Waals surface area contributed by atoms with E-state index in [-0.39, 0.29) is 6.71 Å². The van der Waals surface area contributed by atoms with Gasteiger partial charge in [0.05, 0.1) is 16.7 Å². The third-order valence-corrected chi connectivity index (χ3v) is 17.3. The number of aromatic nitrogens is 1. The van der Waals surface area contributed by atoms with Gasteiger partial charge in [-0.15, -0.1) is 0 Å². The average Bonchev–Trinajstić information content (AvgIpc) is 2.81. The molecule has 4 heteroatoms. The first kappa shape index (κ1) is 44.7. The highest BCUT2D eigenvalue weighted by molar-refractivity contribution is 7.00. The highest BCUT2D eigenvalue weighted by Gasteiger charge is 2.44. The minimum atomic E-state index is -0.0913. The van der Waals surface area contributed by atoms with E-state index in [1.54, 1.807) is 0 Å². The van der Waals surface area contributed by atoms with Gasteiger partial charge in [-0.05, 0) is 155 Å². The van der Waals surface area contributed by atoms with Crippen LogP contribution in [0.3, 0.4) is 0 Å². The van der Waals surface area contributed by atoms with Gasteiger partial charge in [0, 0.05) is 44.9 Å². The van der Waals surface area contributed by atoms with Gasteiger partial charge in [-0.2, -0.15) is 0 Å². The van der Waals surface area contributed by atoms with Crippen LogP contribution in [0.1, 0.15) is 0 Å². The molecule has 0 radical (unpaired) electrons. The summed E-state index contributed by atoms with van der Waals surface area (Å²) < 4.78 is 2.66. The zero-order chi connectivity index (χ0) is 52.4. The van der Waals surface area contributed by atoms with Crippen molar-refractivity contribution in [1.29, 1.82) is 0 Å². The maximum atomic E-state index is 2.66. The summed E-state index contributed by atoms with van der Waals surface area (Å²) in [5.74, 6) is 0. The Morgan fingerprint density at radius 1 is 0.287 bits per heavy atom. The van der Waals surface area contributed by atoms with E-state index in [2.05, 4.69) is 306 Å². The van der Waals surface area contributed by atoms with E-state index in [9.17, 15) is 0 Å². The second kappa shape index (κ2) is 17.6. The molecule has 0 bridgehead atoms. The number of fused-ring (bicyclic) bond motifs is 8. The molecule has 1 aliphatic carbocycles. The minimum absolute atomic E-state index is 0.0913. The summed E-state index contributed by atoms with van der Waals surface area (Å²) in [4.78, 5) is 5.03. The first-order chi connectivity index (χ1) is 39.7. The Labute approximate surface area is 465 Å². The summed E-state index contributed by atoms with van der Waals surface area (Å²) >= 11 is 0. The fourth-order valence-corrected chi connectivity index (χ4v) is 13.8. The van der Waals surface area contributed by atoms with Crippen LogP contribution in [0.25, 0.3) is 105 Å². The molecule has 0 saturated heterocycles. The van der Waals surface area contributed by atoms with Gasteiger partial charge in [0.25, 0.3) is 6.71 Å². The van der Waals surface area contributed by atoms with Gasteiger partial charge in [0.1, 0.15) is 0 Å². The number of rotatable bonds is 8. The first-order valence-electron chi connectivity index (χ1n) is 27.8. The molecule has 3 nitrogen and oxygen atoms in total. The Hall–Kier alpha value is -10.4. The van der Waals surface area contributed by atoms with Crippen LogP contribution in [-0.2, 0) is 0 Å². The van der Waals surface area contributed by atoms with Gasteiger partial charge in [0.15, 0.2) is 0 Å². The van der Waals surface area contributed by atoms with Crippen LogP contribution in [0.15, 0.2) is 291 Å². The molecule has 14 aromatic rings. The highest BCUT2D eigenvalue weighted by Crippen LogP contribution is 2.52. The molecule has 0 N–H and O–H groups in total. The summed E-state index contributed by atoms with van der Waals surface area (Å²) in [6, 6.07) is 108. The summed E-state index contributed by atoms with van der Waals surface area (Å²) in [5.41, 5.74) is 28.9. The predicted octanol–water partition coefficient (Wildman–Crippen LogP) is 18.3. The van der Waals surface area contributed by atoms with Crippen molar-refractivity contribution in [1.82, 2.24) is 4.57 Å². The second-order valence-electron chi connectivity index (χ2n) is 21.6. The summed E-state index contributed by atoms with van der Waals surface area (Å²) in [7, 11) is 0. The molecule has 0 saturated carbocycles. The molecule has 0 fully saturated rings. The van der Waals surface area contributed by atoms with Crippen LogP contribution in [0.5, 0.6) is 0 Å². The Morgan fingerprint density at radius 2 is 0.775 bits per heavy atom. The number of nitrogens with zero attached hydrogens (tertiary/aromatic N) is 3. The van der Waals surface area contributed by atoms with Crippen LogP contribution in [0.4, 0.5) is 34.1 Å². The van der Waals surface area contributed by atoms with E-state index in [1.165, 1.54) is 127 Å². The molecule has 3 aliphatic rings. The van der Waals surface area contributed by atoms with Crippen molar-refractivity contribution in [3.8, 4) is 72.4 Å². The number of anilines is 6. The van der Waals surface area contributed by atoms with Gasteiger partial charge >= 0.3 is 0 Å². The van der Waals surface area contributed by atoms with Crippen LogP contribution in [0, 0.1) is 0 Å². The van der Waals surface area contributed by atoms with E-state index in [1.807, 2.05) is 0 Å². The van der Waals surface area contributed by atoms with Gasteiger partial charge < -0.3 is 14.4 Å². The van der Waals surface area contributed by atoms with Crippen molar-refractivity contribution in [2.24, 2.45) is 0 Å². The van der Waals surface area contributed by atoms with Crippen LogP contribution in [-0.4, -0.2) is 11.3 Å². The lowest BCUT2D eigenvalue weighted by Crippen LogP contribution is -2.60. The zero-order valence-corrected chi connectivity index (χ0v) is 43.6. The minimum Gasteiger partial charge on any atom is -0.311 e. The maximum absolute atomic E-state index is 2.66. The standard InChI is InChI=1S/C76H48BN3/c1-5-16-49(17-6-1)53-28-36-58(37-29-53)78(59-38-30-54(31-39-59)50-18-7-2-8-19-50)61-47-70-75-71(48-61)80-69-45-34-56-24-15-27-64-62-25-13-14-26-63(62)65-42-43-66(76(80)73(65)74(69)72(56)64)77(75)67-46-57(52-22-11-4-12-23-52)35-44-68(67)79(70)60-40-32-55(33-41-60)51-20-9-3-10-21-51/h1-48H. The van der Waals surface area contributed by atoms with Crippen molar-refractivity contribution in [2.75, 3.05) is 9.80 Å². The van der Waals surface area contributed by atoms with Crippen molar-refractivity contribution in [2.45, 2.75) is 0 Å². The normalized spacial score (nSPS) is 12.4. The molecule has 3 heterocycles. The first-order valence-corrected chi connectivity index (χ1v) is 27.8. The fraction of sp³-hybridized carbons (Fsp3) is 0. The van der Waals surface area contributed by atoms with Gasteiger partial charge in [-0.25, -0.2) is 0 Å². The lowest BCUT2D eigenvalue weighted by Gasteiger charge is -2.41. The third kappa shape index (κ3) is 6.69. The fourth-order valence-electron chi connectivity index (χ4n) is 13.8. The Morgan fingerprint density at radius 3 is 1.36 bits per heavy atom. The Bertz CT molecular complexity index is 4700. The monoisotopic (exact) mass is 1010 g/mol. The molecule has 370 valence electrons. The Balaban J connectivity index is 0.992. The molecule has 13 aromatic carbocycles. The van der Waals surface area contributed by atoms with Crippen molar-refractivity contribution < 1.29 is 0 Å². The topological polar surface area (TPSA) is 11.4 Å². The molecule has 1 aromatic heterocycles. The van der Waals surface area contributed by atoms with E-state index in [4.69, 9.17) is 0 Å². The molecule has 80 heavy (non-hydrogen) atoms. The van der Waals surface area contributed by atoms with E-state index >= 15 is 0 Å². The quantitative estimate of drug-likeness (QED) is 0.141. The van der Waals surface area contributed by atoms with Crippen molar-refractivity contribution in [3.63, 3.8) is 0 Å². The van der Waals surface area contributed by atoms with Gasteiger partial charge in [-0.1, -0.05) is 231 Å². The SMILES string of the molecule is c1ccc(-c2ccc(N(c3ccc(-c4ccccc4)cc3)c3cc4c5c(c3)-n3c6ccc7cccc8c7c6c6c(ccc(c63)B5c3cc(-c5ccccc5)ccc3N4c3ccc(-c4ccccc4)cc3)-c3ccccc3-8)cc2)cc1. The molecule has 0 unspecified atom stereocenters. The molecule has 17 rings (SSSR count). The van der Waals surface area contributed by atoms with E-state index < -0.39 is 0 Å². The van der Waals surface area contributed by atoms with Crippen LogP contribution < -0.4 is 26.2 Å². The molecule has 2 aliphatic heterocycles. The number of hydrogen-bond donors (Lipinski definition) is 0. The lowest BCUT2D eigenvalue weighted by molar-refractivity contribution is 1.16. The third-order valence-electron chi connectivity index (χ3n) is 17.3. The largest absolute Gasteiger partial charge is 0.311 e. The van der Waals surface area contributed by atoms with Crippen LogP contribution >= 0.6 is 0 Å². The van der Waals surface area contributed by atoms with Crippen molar-refractivity contribution >= 4 is 89.8 Å². The summed E-state index contributed by atoms with van der Waals surface area (Å²) in [6.45, 7) is -0.0913. The summed E-state index contributed by atoms with van der Waals surface area (Å²) in [6.07, 6.45) is 0. The molecular formula is C76H48BN3. The second-order valence-corrected chi connectivity index (χ2v) is 21.6. The zero-order valence-electron chi connectivity index (χ0n) is 43.6. The predicted molar refractivity (Wildman–Crippen MR) is 338 cm³/mol. The van der Waals surface area contributed by atoms with Crippen molar-refractivity contribution in [3.05, 3.63) is 291 Å². The number of hydrogen-bond acceptors (Lipinski definition) is 2. The summed E-state index contributed by atoms with van der Waals surface area (Å²) in [5, 5.41) is 5.20. The molecule has 0 atom stereocenters. The molecular weight excluding hydrogens is 966 g/mol. The maximum Gasteiger partial charge on any atom is 0.252 e. The van der Waals surface area contributed by atoms with E-state index in [0.29, 0.717) is 0 Å². The van der Waals surface area contributed by atoms with Crippen LogP contribution in [0.2, 0.25) is 0 Å². The highest BCUT2D eigenvalue weighted by atomic mass is 15.2. The lowest BCUT2D eigenvalue weighted by atomic mass is 9.33. The smallest absolute Gasteiger partial charge is 0.252 e. The van der Waals surface area contributed by atoms with E-state index in [0.717, 1.165) is 28.4 Å². The molecule has 0 amide bonds.